The Labute approximate surface area is 181 Å². The molecule has 0 atom stereocenters. The van der Waals surface area contributed by atoms with Crippen molar-refractivity contribution < 1.29 is 23.5 Å². The number of esters is 1. The highest BCUT2D eigenvalue weighted by molar-refractivity contribution is 8.00. The fourth-order valence-electron chi connectivity index (χ4n) is 2.34. The van der Waals surface area contributed by atoms with Crippen LogP contribution in [0.4, 0.5) is 10.8 Å². The summed E-state index contributed by atoms with van der Waals surface area (Å²) in [5.74, 6) is -0.444. The molecule has 0 saturated heterocycles. The van der Waals surface area contributed by atoms with Gasteiger partial charge in [-0.1, -0.05) is 0 Å². The molecule has 2 N–H and O–H groups in total. The number of carbonyl (C=O) groups excluding carboxylic acids is 3. The van der Waals surface area contributed by atoms with E-state index >= 15 is 0 Å². The number of nitrogens with zero attached hydrogens (tertiary/aromatic N) is 1. The van der Waals surface area contributed by atoms with Gasteiger partial charge in [-0.3, -0.25) is 14.4 Å². The van der Waals surface area contributed by atoms with Crippen molar-refractivity contribution in [1.29, 1.82) is 0 Å². The number of anilines is 2. The maximum absolute atomic E-state index is 12.1. The Bertz CT molecular complexity index is 1000. The molecule has 8 nitrogen and oxygen atoms in total. The van der Waals surface area contributed by atoms with Crippen molar-refractivity contribution in [3.05, 3.63) is 59.5 Å². The zero-order chi connectivity index (χ0) is 21.3. The first kappa shape index (κ1) is 21.6. The standard InChI is InChI=1S/C20H19N3O5S2/c1-2-27-18(25)10-14-11-30-20(22-14)23-17(24)12-29-15-7-5-13(6-8-15)21-19(26)16-4-3-9-28-16/h3-9,11H,2,10,12H2,1H3,(H,21,26)(H,22,23,24). The Hall–Kier alpha value is -3.11. The molecule has 0 saturated carbocycles. The molecular formula is C20H19N3O5S2. The third kappa shape index (κ3) is 6.46. The van der Waals surface area contributed by atoms with Gasteiger partial charge < -0.3 is 19.8 Å². The number of benzene rings is 1. The molecule has 0 aliphatic carbocycles. The van der Waals surface area contributed by atoms with Crippen molar-refractivity contribution in [3.63, 3.8) is 0 Å². The molecule has 0 aliphatic heterocycles. The Morgan fingerprint density at radius 2 is 1.97 bits per heavy atom. The molecule has 1 aromatic carbocycles. The zero-order valence-corrected chi connectivity index (χ0v) is 17.7. The third-order valence-electron chi connectivity index (χ3n) is 3.66. The van der Waals surface area contributed by atoms with Crippen LogP contribution in [0.15, 0.2) is 57.4 Å². The molecule has 2 amide bonds. The van der Waals surface area contributed by atoms with Crippen LogP contribution in [0.25, 0.3) is 0 Å². The molecule has 0 aliphatic rings. The number of thiazole rings is 1. The predicted molar refractivity (Wildman–Crippen MR) is 115 cm³/mol. The van der Waals surface area contributed by atoms with Crippen LogP contribution in [-0.2, 0) is 20.7 Å². The van der Waals surface area contributed by atoms with Gasteiger partial charge in [0.05, 0.1) is 30.7 Å². The molecule has 0 spiro atoms. The van der Waals surface area contributed by atoms with Gasteiger partial charge in [0, 0.05) is 16.0 Å². The second-order valence-electron chi connectivity index (χ2n) is 5.92. The van der Waals surface area contributed by atoms with E-state index in [0.29, 0.717) is 23.1 Å². The van der Waals surface area contributed by atoms with E-state index in [1.54, 1.807) is 36.6 Å². The Morgan fingerprint density at radius 3 is 2.67 bits per heavy atom. The van der Waals surface area contributed by atoms with Gasteiger partial charge in [-0.2, -0.15) is 0 Å². The molecule has 10 heteroatoms. The fourth-order valence-corrected chi connectivity index (χ4v) is 3.77. The molecule has 0 bridgehead atoms. The minimum Gasteiger partial charge on any atom is -0.466 e. The predicted octanol–water partition coefficient (Wildman–Crippen LogP) is 3.82. The van der Waals surface area contributed by atoms with Crippen LogP contribution in [0.5, 0.6) is 0 Å². The second-order valence-corrected chi connectivity index (χ2v) is 7.83. The molecule has 0 fully saturated rings. The number of aromatic nitrogens is 1. The molecule has 30 heavy (non-hydrogen) atoms. The van der Waals surface area contributed by atoms with Crippen molar-refractivity contribution in [2.45, 2.75) is 18.2 Å². The number of rotatable bonds is 9. The fraction of sp³-hybridized carbons (Fsp3) is 0.200. The van der Waals surface area contributed by atoms with Gasteiger partial charge in [-0.15, -0.1) is 23.1 Å². The number of furan rings is 1. The number of amides is 2. The number of thioether (sulfide) groups is 1. The lowest BCUT2D eigenvalue weighted by atomic mass is 10.3. The quantitative estimate of drug-likeness (QED) is 0.380. The van der Waals surface area contributed by atoms with Crippen molar-refractivity contribution in [3.8, 4) is 0 Å². The van der Waals surface area contributed by atoms with E-state index in [1.807, 2.05) is 12.1 Å². The highest BCUT2D eigenvalue weighted by Gasteiger charge is 2.11. The van der Waals surface area contributed by atoms with Crippen LogP contribution >= 0.6 is 23.1 Å². The summed E-state index contributed by atoms with van der Waals surface area (Å²) in [6.07, 6.45) is 1.52. The summed E-state index contributed by atoms with van der Waals surface area (Å²) >= 11 is 2.61. The van der Waals surface area contributed by atoms with Crippen LogP contribution in [0.2, 0.25) is 0 Å². The van der Waals surface area contributed by atoms with E-state index in [2.05, 4.69) is 15.6 Å². The molecule has 0 radical (unpaired) electrons. The number of carbonyl (C=O) groups is 3. The summed E-state index contributed by atoms with van der Waals surface area (Å²) < 4.78 is 9.93. The third-order valence-corrected chi connectivity index (χ3v) is 5.47. The number of hydrogen-bond donors (Lipinski definition) is 2. The lowest BCUT2D eigenvalue weighted by molar-refractivity contribution is -0.142. The maximum atomic E-state index is 12.1. The van der Waals surface area contributed by atoms with Crippen LogP contribution in [-0.4, -0.2) is 35.1 Å². The van der Waals surface area contributed by atoms with E-state index in [1.165, 1.54) is 29.4 Å². The SMILES string of the molecule is CCOC(=O)Cc1csc(NC(=O)CSc2ccc(NC(=O)c3ccco3)cc2)n1. The van der Waals surface area contributed by atoms with E-state index in [0.717, 1.165) is 4.90 Å². The second kappa shape index (κ2) is 10.6. The van der Waals surface area contributed by atoms with Crippen LogP contribution in [0.3, 0.4) is 0 Å². The van der Waals surface area contributed by atoms with E-state index in [-0.39, 0.29) is 35.7 Å². The minimum atomic E-state index is -0.347. The van der Waals surface area contributed by atoms with E-state index < -0.39 is 0 Å². The topological polar surface area (TPSA) is 111 Å². The van der Waals surface area contributed by atoms with Crippen molar-refractivity contribution in [2.75, 3.05) is 23.0 Å². The normalized spacial score (nSPS) is 10.4. The Balaban J connectivity index is 1.44. The highest BCUT2D eigenvalue weighted by Crippen LogP contribution is 2.22. The van der Waals surface area contributed by atoms with Crippen molar-refractivity contribution in [1.82, 2.24) is 4.98 Å². The van der Waals surface area contributed by atoms with Crippen LogP contribution in [0, 0.1) is 0 Å². The van der Waals surface area contributed by atoms with Gasteiger partial charge in [0.2, 0.25) is 5.91 Å². The van der Waals surface area contributed by atoms with E-state index in [4.69, 9.17) is 9.15 Å². The average molecular weight is 446 g/mol. The average Bonchev–Trinajstić information content (AvgIpc) is 3.40. The van der Waals surface area contributed by atoms with Gasteiger partial charge in [-0.25, -0.2) is 4.98 Å². The van der Waals surface area contributed by atoms with Gasteiger partial charge in [0.25, 0.3) is 5.91 Å². The number of nitrogens with one attached hydrogen (secondary N) is 2. The van der Waals surface area contributed by atoms with Gasteiger partial charge in [-0.05, 0) is 43.3 Å². The smallest absolute Gasteiger partial charge is 0.311 e. The monoisotopic (exact) mass is 445 g/mol. The van der Waals surface area contributed by atoms with E-state index in [9.17, 15) is 14.4 Å². The van der Waals surface area contributed by atoms with Gasteiger partial charge in [0.1, 0.15) is 0 Å². The minimum absolute atomic E-state index is 0.0811. The summed E-state index contributed by atoms with van der Waals surface area (Å²) in [6, 6.07) is 10.4. The molecule has 0 unspecified atom stereocenters. The number of hydrogen-bond acceptors (Lipinski definition) is 8. The van der Waals surface area contributed by atoms with Crippen molar-refractivity contribution >= 4 is 51.7 Å². The molecule has 3 rings (SSSR count). The first-order valence-corrected chi connectivity index (χ1v) is 10.9. The lowest BCUT2D eigenvalue weighted by Crippen LogP contribution is -2.14. The summed E-state index contributed by atoms with van der Waals surface area (Å²) in [4.78, 5) is 40.7. The maximum Gasteiger partial charge on any atom is 0.311 e. The summed E-state index contributed by atoms with van der Waals surface area (Å²) in [6.45, 7) is 2.06. The van der Waals surface area contributed by atoms with Crippen molar-refractivity contribution in [2.24, 2.45) is 0 Å². The summed E-state index contributed by atoms with van der Waals surface area (Å²) in [5.41, 5.74) is 1.19. The van der Waals surface area contributed by atoms with Crippen LogP contribution < -0.4 is 10.6 Å². The van der Waals surface area contributed by atoms with Gasteiger partial charge >= 0.3 is 5.97 Å². The lowest BCUT2D eigenvalue weighted by Gasteiger charge is -2.05. The Morgan fingerprint density at radius 1 is 1.17 bits per heavy atom. The van der Waals surface area contributed by atoms with Crippen LogP contribution in [0.1, 0.15) is 23.2 Å². The Kier molecular flexibility index (Phi) is 7.63. The highest BCUT2D eigenvalue weighted by atomic mass is 32.2. The summed E-state index contributed by atoms with van der Waals surface area (Å²) in [7, 11) is 0. The summed E-state index contributed by atoms with van der Waals surface area (Å²) in [5, 5.41) is 7.61. The first-order valence-electron chi connectivity index (χ1n) is 9.01. The first-order chi connectivity index (χ1) is 14.5. The molecule has 156 valence electrons. The molecule has 3 aromatic rings. The zero-order valence-electron chi connectivity index (χ0n) is 16.0. The van der Waals surface area contributed by atoms with Gasteiger partial charge in [0.15, 0.2) is 10.9 Å². The molecule has 2 heterocycles. The molecule has 2 aromatic heterocycles. The largest absolute Gasteiger partial charge is 0.466 e. The molecular weight excluding hydrogens is 426 g/mol. The number of ether oxygens (including phenoxy) is 1.